The maximum absolute atomic E-state index is 12.6. The van der Waals surface area contributed by atoms with Gasteiger partial charge in [0.15, 0.2) is 0 Å². The third-order valence-corrected chi connectivity index (χ3v) is 4.09. The molecule has 134 valence electrons. The number of benzene rings is 2. The predicted molar refractivity (Wildman–Crippen MR) is 100 cm³/mol. The van der Waals surface area contributed by atoms with Crippen LogP contribution in [-0.2, 0) is 11.2 Å². The van der Waals surface area contributed by atoms with Crippen LogP contribution in [0.2, 0.25) is 0 Å². The van der Waals surface area contributed by atoms with Gasteiger partial charge in [-0.1, -0.05) is 50.2 Å². The maximum Gasteiger partial charge on any atom is 0.225 e. The van der Waals surface area contributed by atoms with Gasteiger partial charge in [0.1, 0.15) is 11.5 Å². The Morgan fingerprint density at radius 1 is 1.04 bits per heavy atom. The molecule has 0 aliphatic rings. The molecule has 2 aromatic rings. The third kappa shape index (κ3) is 5.52. The molecule has 4 nitrogen and oxygen atoms in total. The number of hydrogen-bond donors (Lipinski definition) is 1. The van der Waals surface area contributed by atoms with Crippen molar-refractivity contribution in [2.24, 2.45) is 5.92 Å². The van der Waals surface area contributed by atoms with Crippen molar-refractivity contribution in [1.29, 1.82) is 0 Å². The number of nitrogens with one attached hydrogen (secondary N) is 1. The molecule has 2 aromatic carbocycles. The van der Waals surface area contributed by atoms with E-state index in [1.54, 1.807) is 20.3 Å². The van der Waals surface area contributed by atoms with Crippen LogP contribution in [0, 0.1) is 5.92 Å². The highest BCUT2D eigenvalue weighted by Gasteiger charge is 2.17. The molecule has 1 N–H and O–H groups in total. The summed E-state index contributed by atoms with van der Waals surface area (Å²) in [5.41, 5.74) is 1.98. The van der Waals surface area contributed by atoms with E-state index in [0.29, 0.717) is 17.4 Å². The fourth-order valence-electron chi connectivity index (χ4n) is 2.85. The van der Waals surface area contributed by atoms with Crippen LogP contribution in [0.3, 0.4) is 0 Å². The van der Waals surface area contributed by atoms with E-state index in [2.05, 4.69) is 31.3 Å². The molecule has 1 atom stereocenters. The summed E-state index contributed by atoms with van der Waals surface area (Å²) in [6.07, 6.45) is 1.17. The molecule has 0 spiro atoms. The first-order valence-electron chi connectivity index (χ1n) is 8.58. The zero-order valence-electron chi connectivity index (χ0n) is 15.4. The van der Waals surface area contributed by atoms with E-state index >= 15 is 0 Å². The van der Waals surface area contributed by atoms with Gasteiger partial charge in [-0.2, -0.15) is 0 Å². The Morgan fingerprint density at radius 3 is 2.36 bits per heavy atom. The molecule has 1 unspecified atom stereocenters. The van der Waals surface area contributed by atoms with Gasteiger partial charge in [-0.15, -0.1) is 0 Å². The van der Waals surface area contributed by atoms with Crippen molar-refractivity contribution in [2.75, 3.05) is 14.2 Å². The molecule has 25 heavy (non-hydrogen) atoms. The van der Waals surface area contributed by atoms with Crippen molar-refractivity contribution in [3.63, 3.8) is 0 Å². The molecular formula is C21H27NO3. The van der Waals surface area contributed by atoms with Crippen LogP contribution in [0.4, 0.5) is 0 Å². The van der Waals surface area contributed by atoms with E-state index in [9.17, 15) is 4.79 Å². The van der Waals surface area contributed by atoms with Gasteiger partial charge in [-0.05, 0) is 24.0 Å². The zero-order valence-corrected chi connectivity index (χ0v) is 15.4. The van der Waals surface area contributed by atoms with E-state index in [-0.39, 0.29) is 18.4 Å². The second kappa shape index (κ2) is 9.11. The summed E-state index contributed by atoms with van der Waals surface area (Å²) in [5.74, 6) is 1.84. The first-order chi connectivity index (χ1) is 12.0. The van der Waals surface area contributed by atoms with Crippen LogP contribution in [0.25, 0.3) is 0 Å². The Morgan fingerprint density at radius 2 is 1.76 bits per heavy atom. The Balaban J connectivity index is 2.11. The Hall–Kier alpha value is -2.49. The zero-order chi connectivity index (χ0) is 18.2. The van der Waals surface area contributed by atoms with Crippen LogP contribution in [0.1, 0.15) is 37.4 Å². The SMILES string of the molecule is COc1ccc(CC(=O)NC(CC(C)C)c2ccccc2)c(OC)c1. The Labute approximate surface area is 150 Å². The molecule has 0 aliphatic carbocycles. The normalized spacial score (nSPS) is 11.9. The maximum atomic E-state index is 12.6. The van der Waals surface area contributed by atoms with Crippen molar-refractivity contribution in [1.82, 2.24) is 5.32 Å². The summed E-state index contributed by atoms with van der Waals surface area (Å²) in [5, 5.41) is 3.17. The summed E-state index contributed by atoms with van der Waals surface area (Å²) in [6, 6.07) is 15.6. The quantitative estimate of drug-likeness (QED) is 0.784. The monoisotopic (exact) mass is 341 g/mol. The van der Waals surface area contributed by atoms with Crippen LogP contribution < -0.4 is 14.8 Å². The van der Waals surface area contributed by atoms with Crippen LogP contribution in [-0.4, -0.2) is 20.1 Å². The first kappa shape index (κ1) is 18.8. The highest BCUT2D eigenvalue weighted by molar-refractivity contribution is 5.80. The van der Waals surface area contributed by atoms with Crippen LogP contribution in [0.15, 0.2) is 48.5 Å². The summed E-state index contributed by atoms with van der Waals surface area (Å²) >= 11 is 0. The highest BCUT2D eigenvalue weighted by Crippen LogP contribution is 2.26. The van der Waals surface area contributed by atoms with Crippen molar-refractivity contribution >= 4 is 5.91 Å². The smallest absolute Gasteiger partial charge is 0.225 e. The molecule has 0 aromatic heterocycles. The van der Waals surface area contributed by atoms with Crippen molar-refractivity contribution < 1.29 is 14.3 Å². The van der Waals surface area contributed by atoms with Gasteiger partial charge in [-0.25, -0.2) is 0 Å². The Bertz CT molecular complexity index is 683. The van der Waals surface area contributed by atoms with Gasteiger partial charge in [0.2, 0.25) is 5.91 Å². The minimum Gasteiger partial charge on any atom is -0.497 e. The minimum absolute atomic E-state index is 0.0120. The summed E-state index contributed by atoms with van der Waals surface area (Å²) in [6.45, 7) is 4.32. The molecule has 1 amide bonds. The molecule has 0 saturated carbocycles. The number of carbonyl (C=O) groups is 1. The van der Waals surface area contributed by atoms with Crippen molar-refractivity contribution in [3.8, 4) is 11.5 Å². The second-order valence-corrected chi connectivity index (χ2v) is 6.51. The van der Waals surface area contributed by atoms with E-state index in [1.807, 2.05) is 30.3 Å². The third-order valence-electron chi connectivity index (χ3n) is 4.09. The van der Waals surface area contributed by atoms with E-state index in [0.717, 1.165) is 17.5 Å². The van der Waals surface area contributed by atoms with E-state index in [1.165, 1.54) is 0 Å². The van der Waals surface area contributed by atoms with Gasteiger partial charge in [0, 0.05) is 11.6 Å². The number of amides is 1. The lowest BCUT2D eigenvalue weighted by molar-refractivity contribution is -0.121. The highest BCUT2D eigenvalue weighted by atomic mass is 16.5. The molecule has 0 saturated heterocycles. The molecule has 4 heteroatoms. The minimum atomic E-state index is -0.0158. The second-order valence-electron chi connectivity index (χ2n) is 6.51. The van der Waals surface area contributed by atoms with Gasteiger partial charge >= 0.3 is 0 Å². The number of rotatable bonds is 8. The number of methoxy groups -OCH3 is 2. The lowest BCUT2D eigenvalue weighted by atomic mass is 9.96. The average molecular weight is 341 g/mol. The number of ether oxygens (including phenoxy) is 2. The Kier molecular flexibility index (Phi) is 6.87. The largest absolute Gasteiger partial charge is 0.497 e. The molecule has 0 fully saturated rings. The summed E-state index contributed by atoms with van der Waals surface area (Å²) < 4.78 is 10.6. The molecule has 0 bridgehead atoms. The first-order valence-corrected chi connectivity index (χ1v) is 8.58. The summed E-state index contributed by atoms with van der Waals surface area (Å²) in [7, 11) is 3.21. The van der Waals surface area contributed by atoms with Crippen LogP contribution in [0.5, 0.6) is 11.5 Å². The number of hydrogen-bond acceptors (Lipinski definition) is 3. The molecular weight excluding hydrogens is 314 g/mol. The molecule has 0 radical (unpaired) electrons. The fourth-order valence-corrected chi connectivity index (χ4v) is 2.85. The van der Waals surface area contributed by atoms with E-state index in [4.69, 9.17) is 9.47 Å². The summed E-state index contributed by atoms with van der Waals surface area (Å²) in [4.78, 5) is 12.6. The van der Waals surface area contributed by atoms with Crippen LogP contribution >= 0.6 is 0 Å². The number of carbonyl (C=O) groups excluding carboxylic acids is 1. The van der Waals surface area contributed by atoms with Gasteiger partial charge in [-0.3, -0.25) is 4.79 Å². The van der Waals surface area contributed by atoms with Crippen molar-refractivity contribution in [3.05, 3.63) is 59.7 Å². The topological polar surface area (TPSA) is 47.6 Å². The lowest BCUT2D eigenvalue weighted by Gasteiger charge is -2.21. The standard InChI is InChI=1S/C21H27NO3/c1-15(2)12-19(16-8-6-5-7-9-16)22-21(23)13-17-10-11-18(24-3)14-20(17)25-4/h5-11,14-15,19H,12-13H2,1-4H3,(H,22,23). The molecule has 0 aliphatic heterocycles. The fraction of sp³-hybridized carbons (Fsp3) is 0.381. The predicted octanol–water partition coefficient (Wildman–Crippen LogP) is 4.15. The van der Waals surface area contributed by atoms with Crippen molar-refractivity contribution in [2.45, 2.75) is 32.7 Å². The van der Waals surface area contributed by atoms with Gasteiger partial charge in [0.05, 0.1) is 26.7 Å². The molecule has 0 heterocycles. The van der Waals surface area contributed by atoms with Gasteiger partial charge in [0.25, 0.3) is 0 Å². The average Bonchev–Trinajstić information content (AvgIpc) is 2.61. The van der Waals surface area contributed by atoms with Gasteiger partial charge < -0.3 is 14.8 Å². The lowest BCUT2D eigenvalue weighted by Crippen LogP contribution is -2.30. The van der Waals surface area contributed by atoms with E-state index < -0.39 is 0 Å². The molecule has 2 rings (SSSR count).